The molecule has 1 fully saturated rings. The van der Waals surface area contributed by atoms with Crippen LogP contribution in [-0.2, 0) is 56.0 Å². The number of nitrogens with zero attached hydrogens (tertiary/aromatic N) is 1. The van der Waals surface area contributed by atoms with Crippen molar-refractivity contribution in [2.45, 2.75) is 115 Å². The molecule has 0 spiro atoms. The predicted molar refractivity (Wildman–Crippen MR) is 243 cm³/mol. The summed E-state index contributed by atoms with van der Waals surface area (Å²) in [5.74, 6) is -8.45. The lowest BCUT2D eigenvalue weighted by molar-refractivity contribution is -0.142. The number of hydrogen-bond donors (Lipinski definition) is 12. The first-order valence-electron chi connectivity index (χ1n) is 21.6. The zero-order valence-corrected chi connectivity index (χ0v) is 38.3. The molecule has 2 aromatic carbocycles. The van der Waals surface area contributed by atoms with Gasteiger partial charge in [0.1, 0.15) is 53.8 Å². The van der Waals surface area contributed by atoms with Gasteiger partial charge in [-0.15, -0.1) is 0 Å². The maximum Gasteiger partial charge on any atom is 0.303 e. The number of phenols is 2. The van der Waals surface area contributed by atoms with Crippen LogP contribution in [-0.4, -0.2) is 135 Å². The number of likely N-dealkylation sites (tertiary alicyclic amines) is 1. The molecule has 22 heteroatoms. The third kappa shape index (κ3) is 16.9. The number of primary amides is 1. The predicted octanol–water partition coefficient (Wildman–Crippen LogP) is -1.28. The molecule has 0 radical (unpaired) electrons. The molecule has 362 valence electrons. The number of rotatable bonds is 25. The number of hydrogen-bond acceptors (Lipinski definition) is 13. The van der Waals surface area contributed by atoms with E-state index >= 15 is 0 Å². The molecule has 0 aliphatic carbocycles. The van der Waals surface area contributed by atoms with E-state index in [9.17, 15) is 58.5 Å². The molecule has 1 heterocycles. The van der Waals surface area contributed by atoms with Crippen LogP contribution in [0.2, 0.25) is 0 Å². The summed E-state index contributed by atoms with van der Waals surface area (Å²) in [7, 11) is 0. The van der Waals surface area contributed by atoms with Crippen molar-refractivity contribution in [2.24, 2.45) is 23.3 Å². The van der Waals surface area contributed by atoms with Gasteiger partial charge in [0.05, 0.1) is 6.54 Å². The Morgan fingerprint density at radius 3 is 1.67 bits per heavy atom. The zero-order chi connectivity index (χ0) is 49.2. The number of carbonyl (C=O) groups is 9. The fourth-order valence-corrected chi connectivity index (χ4v) is 7.48. The van der Waals surface area contributed by atoms with Gasteiger partial charge in [-0.1, -0.05) is 52.0 Å². The number of thiol groups is 1. The lowest BCUT2D eigenvalue weighted by atomic mass is 9.99. The average molecular weight is 942 g/mol. The summed E-state index contributed by atoms with van der Waals surface area (Å²) in [6.45, 7) is 6.74. The molecule has 66 heavy (non-hydrogen) atoms. The van der Waals surface area contributed by atoms with Gasteiger partial charge in [0.15, 0.2) is 0 Å². The smallest absolute Gasteiger partial charge is 0.303 e. The SMILES string of the molecule is CC(C)C[C@H](NC(=O)CN)C(=O)N1CCC[C@H]1C(=O)N[C@@H](Cc1ccc(O)cc1)C(=O)N[C@@H](CCC(=O)O)C(=O)N[C@H](C(=O)N[C@@H](Cc1ccc(O)cc1)C(=O)N[C@@H](CS)C(N)=O)C(C)C. The molecule has 1 saturated heterocycles. The highest BCUT2D eigenvalue weighted by Gasteiger charge is 2.40. The number of carboxylic acid groups (broad SMARTS) is 1. The van der Waals surface area contributed by atoms with Crippen molar-refractivity contribution in [3.8, 4) is 11.5 Å². The van der Waals surface area contributed by atoms with Crippen LogP contribution in [0.5, 0.6) is 11.5 Å². The number of aromatic hydroxyl groups is 2. The summed E-state index contributed by atoms with van der Waals surface area (Å²) in [5.41, 5.74) is 11.9. The van der Waals surface area contributed by atoms with Crippen LogP contribution in [0.25, 0.3) is 0 Å². The van der Waals surface area contributed by atoms with Gasteiger partial charge in [-0.2, -0.15) is 12.6 Å². The van der Waals surface area contributed by atoms with Crippen molar-refractivity contribution in [3.63, 3.8) is 0 Å². The molecule has 13 N–H and O–H groups in total. The second kappa shape index (κ2) is 25.9. The second-order valence-corrected chi connectivity index (χ2v) is 17.2. The van der Waals surface area contributed by atoms with E-state index in [1.807, 2.05) is 13.8 Å². The summed E-state index contributed by atoms with van der Waals surface area (Å²) < 4.78 is 0. The van der Waals surface area contributed by atoms with Crippen LogP contribution >= 0.6 is 12.6 Å². The van der Waals surface area contributed by atoms with Crippen molar-refractivity contribution in [2.75, 3.05) is 18.8 Å². The van der Waals surface area contributed by atoms with Gasteiger partial charge in [-0.3, -0.25) is 43.2 Å². The molecule has 0 saturated carbocycles. The standard InChI is InChI=1S/C44H63N9O12S/c1-23(2)18-32(47-35(56)21-45)44(65)53-17-5-6-34(53)42(63)49-30(19-25-7-11-27(54)12-8-25)40(61)48-29(15-16-36(57)58)39(60)52-37(24(3)4)43(64)50-31(20-26-9-13-28(55)14-10-26)41(62)51-33(22-66)38(46)59/h7-14,23-24,29-34,37,54-55,66H,5-6,15-22,45H2,1-4H3,(H2,46,59)(H,47,56)(H,48,61)(H,49,63)(H,50,64)(H,51,62)(H,52,60)(H,57,58)/t29-,30-,31-,32-,33-,34-,37-/m0/s1. The van der Waals surface area contributed by atoms with Crippen molar-refractivity contribution >= 4 is 65.9 Å². The van der Waals surface area contributed by atoms with E-state index in [-0.39, 0.29) is 61.9 Å². The highest BCUT2D eigenvalue weighted by Crippen LogP contribution is 2.22. The summed E-state index contributed by atoms with van der Waals surface area (Å²) in [4.78, 5) is 121. The minimum Gasteiger partial charge on any atom is -0.508 e. The van der Waals surface area contributed by atoms with Crippen molar-refractivity contribution in [1.82, 2.24) is 36.8 Å². The van der Waals surface area contributed by atoms with Crippen molar-refractivity contribution < 1.29 is 58.5 Å². The summed E-state index contributed by atoms with van der Waals surface area (Å²) in [5, 5.41) is 44.7. The summed E-state index contributed by atoms with van der Waals surface area (Å²) >= 11 is 4.06. The van der Waals surface area contributed by atoms with Crippen molar-refractivity contribution in [1.29, 1.82) is 0 Å². The second-order valence-electron chi connectivity index (χ2n) is 16.9. The van der Waals surface area contributed by atoms with Gasteiger partial charge in [0.25, 0.3) is 0 Å². The van der Waals surface area contributed by atoms with E-state index in [0.29, 0.717) is 17.5 Å². The maximum absolute atomic E-state index is 14.2. The van der Waals surface area contributed by atoms with Crippen LogP contribution in [0.15, 0.2) is 48.5 Å². The molecule has 1 aliphatic heterocycles. The largest absolute Gasteiger partial charge is 0.508 e. The minimum atomic E-state index is -1.59. The molecule has 8 amide bonds. The Morgan fingerprint density at radius 1 is 0.697 bits per heavy atom. The monoisotopic (exact) mass is 941 g/mol. The number of benzene rings is 2. The number of aliphatic carboxylic acids is 1. The third-order valence-electron chi connectivity index (χ3n) is 10.8. The lowest BCUT2D eigenvalue weighted by Gasteiger charge is -2.31. The fraction of sp³-hybridized carbons (Fsp3) is 0.523. The van der Waals surface area contributed by atoms with E-state index in [0.717, 1.165) is 0 Å². The number of nitrogens with two attached hydrogens (primary N) is 2. The van der Waals surface area contributed by atoms with Crippen LogP contribution in [0, 0.1) is 11.8 Å². The molecule has 21 nitrogen and oxygen atoms in total. The fourth-order valence-electron chi connectivity index (χ4n) is 7.21. The van der Waals surface area contributed by atoms with Gasteiger partial charge in [0, 0.05) is 31.6 Å². The van der Waals surface area contributed by atoms with Crippen LogP contribution in [0.1, 0.15) is 70.9 Å². The van der Waals surface area contributed by atoms with Gasteiger partial charge < -0.3 is 63.6 Å². The molecule has 0 bridgehead atoms. The van der Waals surface area contributed by atoms with E-state index in [4.69, 9.17) is 11.5 Å². The molecular formula is C44H63N9O12S. The molecular weight excluding hydrogens is 879 g/mol. The first-order chi connectivity index (χ1) is 31.1. The highest BCUT2D eigenvalue weighted by molar-refractivity contribution is 7.80. The van der Waals surface area contributed by atoms with E-state index in [1.54, 1.807) is 13.8 Å². The Balaban J connectivity index is 1.91. The van der Waals surface area contributed by atoms with E-state index in [1.165, 1.54) is 53.4 Å². The first kappa shape index (κ1) is 53.9. The van der Waals surface area contributed by atoms with E-state index in [2.05, 4.69) is 44.5 Å². The number of carboxylic acids is 1. The first-order valence-corrected chi connectivity index (χ1v) is 22.3. The minimum absolute atomic E-state index is 0.0116. The summed E-state index contributed by atoms with van der Waals surface area (Å²) in [6, 6.07) is 2.57. The Morgan fingerprint density at radius 2 is 1.20 bits per heavy atom. The van der Waals surface area contributed by atoms with Gasteiger partial charge in [0.2, 0.25) is 47.3 Å². The Hall–Kier alpha value is -6.42. The molecule has 1 aliphatic rings. The summed E-state index contributed by atoms with van der Waals surface area (Å²) in [6.07, 6.45) is -0.444. The normalized spacial score (nSPS) is 16.2. The van der Waals surface area contributed by atoms with E-state index < -0.39 is 114 Å². The number of carbonyl (C=O) groups excluding carboxylic acids is 8. The molecule has 3 rings (SSSR count). The van der Waals surface area contributed by atoms with Crippen molar-refractivity contribution in [3.05, 3.63) is 59.7 Å². The van der Waals surface area contributed by atoms with Crippen LogP contribution in [0.4, 0.5) is 0 Å². The number of nitrogens with one attached hydrogen (secondary N) is 6. The van der Waals surface area contributed by atoms with Gasteiger partial charge in [-0.05, 0) is 72.9 Å². The topological polar surface area (TPSA) is 342 Å². The van der Waals surface area contributed by atoms with Crippen LogP contribution < -0.4 is 43.4 Å². The Bertz CT molecular complexity index is 2040. The number of phenolic OH excluding ortho intramolecular Hbond substituents is 2. The Kier molecular flexibility index (Phi) is 21.2. The molecule has 2 aromatic rings. The molecule has 7 atom stereocenters. The maximum atomic E-state index is 14.2. The lowest BCUT2D eigenvalue weighted by Crippen LogP contribution is -2.61. The quantitative estimate of drug-likeness (QED) is 0.0517. The van der Waals surface area contributed by atoms with Gasteiger partial charge >= 0.3 is 5.97 Å². The molecule has 0 aromatic heterocycles. The highest BCUT2D eigenvalue weighted by atomic mass is 32.1. The number of amides is 8. The Labute approximate surface area is 388 Å². The molecule has 0 unspecified atom stereocenters. The zero-order valence-electron chi connectivity index (χ0n) is 37.5. The average Bonchev–Trinajstić information content (AvgIpc) is 3.76. The van der Waals surface area contributed by atoms with Gasteiger partial charge in [-0.25, -0.2) is 0 Å². The third-order valence-corrected chi connectivity index (χ3v) is 11.1. The van der Waals surface area contributed by atoms with Crippen LogP contribution in [0.3, 0.4) is 0 Å².